The number of ether oxygens (including phenoxy) is 1. The van der Waals surface area contributed by atoms with E-state index in [9.17, 15) is 9.90 Å². The molecule has 1 aliphatic heterocycles. The van der Waals surface area contributed by atoms with Crippen molar-refractivity contribution in [2.45, 2.75) is 18.9 Å². The van der Waals surface area contributed by atoms with Crippen molar-refractivity contribution in [3.05, 3.63) is 60.2 Å². The zero-order chi connectivity index (χ0) is 18.8. The Balaban J connectivity index is 1.85. The number of carbonyl (C=O) groups is 1. The van der Waals surface area contributed by atoms with Crippen LogP contribution in [0.4, 0.5) is 0 Å². The first-order valence-electron chi connectivity index (χ1n) is 9.17. The minimum absolute atomic E-state index is 0.00248. The number of aliphatic hydroxyl groups excluding tert-OH is 1. The van der Waals surface area contributed by atoms with Gasteiger partial charge in [-0.3, -0.25) is 4.79 Å². The molecule has 4 rings (SSSR count). The van der Waals surface area contributed by atoms with E-state index >= 15 is 0 Å². The van der Waals surface area contributed by atoms with Crippen molar-refractivity contribution in [1.82, 2.24) is 9.88 Å². The van der Waals surface area contributed by atoms with Gasteiger partial charge >= 0.3 is 0 Å². The van der Waals surface area contributed by atoms with Crippen LogP contribution in [0, 0.1) is 0 Å². The van der Waals surface area contributed by atoms with Crippen LogP contribution in [-0.2, 0) is 0 Å². The van der Waals surface area contributed by atoms with Crippen molar-refractivity contribution in [3.63, 3.8) is 0 Å². The van der Waals surface area contributed by atoms with Gasteiger partial charge in [-0.2, -0.15) is 0 Å². The van der Waals surface area contributed by atoms with Gasteiger partial charge in [0.1, 0.15) is 5.75 Å². The Labute approximate surface area is 158 Å². The standard InChI is InChI=1S/C22H22N2O3/c1-27-17-8-4-6-15(12-17)21-13-19(18-9-2-3-10-20(18)23-21)22(26)24-11-5-7-16(24)14-25/h2-4,6,8-10,12-13,16,25H,5,7,11,14H2,1H3/t16-/m0/s1. The summed E-state index contributed by atoms with van der Waals surface area (Å²) in [6, 6.07) is 17.1. The summed E-state index contributed by atoms with van der Waals surface area (Å²) in [6.45, 7) is 0.673. The summed E-state index contributed by atoms with van der Waals surface area (Å²) < 4.78 is 5.32. The van der Waals surface area contributed by atoms with Gasteiger partial charge in [0.05, 0.1) is 36.5 Å². The van der Waals surface area contributed by atoms with E-state index in [0.29, 0.717) is 12.1 Å². The topological polar surface area (TPSA) is 62.7 Å². The number of hydrogen-bond donors (Lipinski definition) is 1. The quantitative estimate of drug-likeness (QED) is 0.771. The first-order valence-corrected chi connectivity index (χ1v) is 9.17. The molecule has 5 nitrogen and oxygen atoms in total. The fourth-order valence-electron chi connectivity index (χ4n) is 3.73. The van der Waals surface area contributed by atoms with Gasteiger partial charge < -0.3 is 14.7 Å². The third kappa shape index (κ3) is 3.26. The largest absolute Gasteiger partial charge is 0.497 e. The molecule has 2 aromatic carbocycles. The molecule has 1 aliphatic rings. The summed E-state index contributed by atoms with van der Waals surface area (Å²) in [4.78, 5) is 19.8. The number of pyridine rings is 1. The average Bonchev–Trinajstić information content (AvgIpc) is 3.21. The number of likely N-dealkylation sites (tertiary alicyclic amines) is 1. The second kappa shape index (κ2) is 7.37. The summed E-state index contributed by atoms with van der Waals surface area (Å²) >= 11 is 0. The molecule has 2 heterocycles. The molecule has 5 heteroatoms. The molecule has 1 N–H and O–H groups in total. The van der Waals surface area contributed by atoms with Gasteiger partial charge in [0.25, 0.3) is 5.91 Å². The highest BCUT2D eigenvalue weighted by Gasteiger charge is 2.30. The fourth-order valence-corrected chi connectivity index (χ4v) is 3.73. The highest BCUT2D eigenvalue weighted by Crippen LogP contribution is 2.29. The van der Waals surface area contributed by atoms with Gasteiger partial charge in [0, 0.05) is 17.5 Å². The monoisotopic (exact) mass is 362 g/mol. The summed E-state index contributed by atoms with van der Waals surface area (Å²) in [5.74, 6) is 0.699. The van der Waals surface area contributed by atoms with E-state index in [0.717, 1.165) is 40.8 Å². The Hall–Kier alpha value is -2.92. The Kier molecular flexibility index (Phi) is 4.77. The molecule has 1 fully saturated rings. The second-order valence-corrected chi connectivity index (χ2v) is 6.78. The predicted octanol–water partition coefficient (Wildman–Crippen LogP) is 3.51. The SMILES string of the molecule is COc1cccc(-c2cc(C(=O)N3CCC[C@H]3CO)c3ccccc3n2)c1. The van der Waals surface area contributed by atoms with Gasteiger partial charge in [0.2, 0.25) is 0 Å². The van der Waals surface area contributed by atoms with Crippen LogP contribution in [0.5, 0.6) is 5.75 Å². The zero-order valence-electron chi connectivity index (χ0n) is 15.3. The van der Waals surface area contributed by atoms with Crippen molar-refractivity contribution < 1.29 is 14.6 Å². The lowest BCUT2D eigenvalue weighted by Gasteiger charge is -2.24. The summed E-state index contributed by atoms with van der Waals surface area (Å²) in [5.41, 5.74) is 3.03. The Morgan fingerprint density at radius 3 is 2.89 bits per heavy atom. The maximum absolute atomic E-state index is 13.3. The Morgan fingerprint density at radius 2 is 2.07 bits per heavy atom. The lowest BCUT2D eigenvalue weighted by atomic mass is 10.0. The van der Waals surface area contributed by atoms with Gasteiger partial charge in [-0.1, -0.05) is 30.3 Å². The van der Waals surface area contributed by atoms with Gasteiger partial charge in [-0.15, -0.1) is 0 Å². The van der Waals surface area contributed by atoms with E-state index in [1.165, 1.54) is 0 Å². The van der Waals surface area contributed by atoms with Crippen LogP contribution in [0.25, 0.3) is 22.2 Å². The average molecular weight is 362 g/mol. The van der Waals surface area contributed by atoms with E-state index < -0.39 is 0 Å². The number of amides is 1. The van der Waals surface area contributed by atoms with E-state index in [1.54, 1.807) is 12.0 Å². The molecule has 27 heavy (non-hydrogen) atoms. The van der Waals surface area contributed by atoms with Crippen molar-refractivity contribution in [2.75, 3.05) is 20.3 Å². The molecule has 1 amide bonds. The molecule has 1 atom stereocenters. The van der Waals surface area contributed by atoms with Crippen LogP contribution in [0.3, 0.4) is 0 Å². The molecule has 0 spiro atoms. The minimum Gasteiger partial charge on any atom is -0.497 e. The number of rotatable bonds is 4. The molecular formula is C22H22N2O3. The van der Waals surface area contributed by atoms with Gasteiger partial charge in [-0.25, -0.2) is 4.98 Å². The maximum Gasteiger partial charge on any atom is 0.254 e. The molecule has 138 valence electrons. The van der Waals surface area contributed by atoms with Crippen LogP contribution in [0.1, 0.15) is 23.2 Å². The number of para-hydroxylation sites is 1. The van der Waals surface area contributed by atoms with Crippen molar-refractivity contribution >= 4 is 16.8 Å². The van der Waals surface area contributed by atoms with Crippen LogP contribution in [-0.4, -0.2) is 47.2 Å². The lowest BCUT2D eigenvalue weighted by Crippen LogP contribution is -2.37. The van der Waals surface area contributed by atoms with Crippen LogP contribution in [0.2, 0.25) is 0 Å². The van der Waals surface area contributed by atoms with Crippen LogP contribution >= 0.6 is 0 Å². The first kappa shape index (κ1) is 17.5. The molecule has 0 aliphatic carbocycles. The number of hydrogen-bond acceptors (Lipinski definition) is 4. The van der Waals surface area contributed by atoms with Crippen LogP contribution < -0.4 is 4.74 Å². The Morgan fingerprint density at radius 1 is 1.22 bits per heavy atom. The van der Waals surface area contributed by atoms with Crippen molar-refractivity contribution in [3.8, 4) is 17.0 Å². The van der Waals surface area contributed by atoms with Gasteiger partial charge in [-0.05, 0) is 37.1 Å². The highest BCUT2D eigenvalue weighted by atomic mass is 16.5. The van der Waals surface area contributed by atoms with E-state index in [4.69, 9.17) is 9.72 Å². The van der Waals surface area contributed by atoms with E-state index in [2.05, 4.69) is 0 Å². The number of carbonyl (C=O) groups excluding carboxylic acids is 1. The number of methoxy groups -OCH3 is 1. The fraction of sp³-hybridized carbons (Fsp3) is 0.273. The van der Waals surface area contributed by atoms with E-state index in [-0.39, 0.29) is 18.6 Å². The smallest absolute Gasteiger partial charge is 0.254 e. The lowest BCUT2D eigenvalue weighted by molar-refractivity contribution is 0.0679. The molecule has 1 saturated heterocycles. The summed E-state index contributed by atoms with van der Waals surface area (Å²) in [5, 5.41) is 10.4. The highest BCUT2D eigenvalue weighted by molar-refractivity contribution is 6.07. The summed E-state index contributed by atoms with van der Waals surface area (Å²) in [6.07, 6.45) is 1.76. The minimum atomic E-state index is -0.107. The first-order chi connectivity index (χ1) is 13.2. The molecule has 1 aromatic heterocycles. The number of benzene rings is 2. The number of fused-ring (bicyclic) bond motifs is 1. The number of nitrogens with zero attached hydrogens (tertiary/aromatic N) is 2. The number of aromatic nitrogens is 1. The zero-order valence-corrected chi connectivity index (χ0v) is 15.3. The molecule has 0 radical (unpaired) electrons. The maximum atomic E-state index is 13.3. The van der Waals surface area contributed by atoms with E-state index in [1.807, 2.05) is 54.6 Å². The van der Waals surface area contributed by atoms with Gasteiger partial charge in [0.15, 0.2) is 0 Å². The normalized spacial score (nSPS) is 16.7. The Bertz CT molecular complexity index is 986. The molecular weight excluding hydrogens is 340 g/mol. The third-order valence-electron chi connectivity index (χ3n) is 5.16. The predicted molar refractivity (Wildman–Crippen MR) is 105 cm³/mol. The second-order valence-electron chi connectivity index (χ2n) is 6.78. The molecule has 0 unspecified atom stereocenters. The number of aliphatic hydroxyl groups is 1. The van der Waals surface area contributed by atoms with Crippen molar-refractivity contribution in [2.24, 2.45) is 0 Å². The van der Waals surface area contributed by atoms with Crippen molar-refractivity contribution in [1.29, 1.82) is 0 Å². The molecule has 0 saturated carbocycles. The molecule has 3 aromatic rings. The molecule has 0 bridgehead atoms. The summed E-state index contributed by atoms with van der Waals surface area (Å²) in [7, 11) is 1.63. The third-order valence-corrected chi connectivity index (χ3v) is 5.16. The van der Waals surface area contributed by atoms with Crippen LogP contribution in [0.15, 0.2) is 54.6 Å².